The SMILES string of the molecule is Cc1nc(Nc2cccc3ccccc23)sc1CCO[N+](=O)[O-]. The topological polar surface area (TPSA) is 77.3 Å². The summed E-state index contributed by atoms with van der Waals surface area (Å²) in [5.74, 6) is 0. The molecule has 23 heavy (non-hydrogen) atoms. The zero-order valence-corrected chi connectivity index (χ0v) is 13.3. The highest BCUT2D eigenvalue weighted by Gasteiger charge is 2.10. The summed E-state index contributed by atoms with van der Waals surface area (Å²) in [6, 6.07) is 14.2. The second kappa shape index (κ2) is 6.62. The maximum Gasteiger partial charge on any atom is 0.294 e. The third-order valence-corrected chi connectivity index (χ3v) is 4.58. The molecule has 0 fully saturated rings. The van der Waals surface area contributed by atoms with Crippen molar-refractivity contribution in [2.75, 3.05) is 11.9 Å². The number of hydrogen-bond donors (Lipinski definition) is 1. The molecular weight excluding hydrogens is 314 g/mol. The zero-order chi connectivity index (χ0) is 16.2. The van der Waals surface area contributed by atoms with Gasteiger partial charge in [0.05, 0.1) is 5.69 Å². The average Bonchev–Trinajstić information content (AvgIpc) is 2.87. The standard InChI is InChI=1S/C16H15N3O3S/c1-11-15(9-10-22-19(20)21)23-16(17-11)18-14-8-4-6-12-5-2-3-7-13(12)14/h2-8H,9-10H2,1H3,(H,17,18). The summed E-state index contributed by atoms with van der Waals surface area (Å²) in [6.07, 6.45) is 0.474. The molecule has 1 aromatic heterocycles. The molecule has 0 aliphatic heterocycles. The molecule has 0 unspecified atom stereocenters. The molecule has 7 heteroatoms. The van der Waals surface area contributed by atoms with E-state index in [9.17, 15) is 10.1 Å². The Labute approximate surface area is 136 Å². The van der Waals surface area contributed by atoms with E-state index in [0.717, 1.165) is 32.2 Å². The number of nitrogens with one attached hydrogen (secondary N) is 1. The summed E-state index contributed by atoms with van der Waals surface area (Å²) < 4.78 is 0. The third kappa shape index (κ3) is 3.57. The summed E-state index contributed by atoms with van der Waals surface area (Å²) >= 11 is 1.49. The lowest BCUT2D eigenvalue weighted by atomic mass is 10.1. The van der Waals surface area contributed by atoms with E-state index in [1.807, 2.05) is 31.2 Å². The molecule has 0 atom stereocenters. The van der Waals surface area contributed by atoms with E-state index in [4.69, 9.17) is 0 Å². The van der Waals surface area contributed by atoms with E-state index in [2.05, 4.69) is 33.3 Å². The molecule has 3 rings (SSSR count). The Morgan fingerprint density at radius 3 is 2.87 bits per heavy atom. The molecule has 2 aromatic carbocycles. The van der Waals surface area contributed by atoms with Crippen molar-refractivity contribution in [1.29, 1.82) is 0 Å². The molecule has 0 aliphatic carbocycles. The molecule has 0 amide bonds. The van der Waals surface area contributed by atoms with Gasteiger partial charge in [-0.3, -0.25) is 0 Å². The van der Waals surface area contributed by atoms with E-state index in [0.29, 0.717) is 6.42 Å². The van der Waals surface area contributed by atoms with Gasteiger partial charge in [-0.05, 0) is 18.4 Å². The number of anilines is 2. The number of hydrogen-bond acceptors (Lipinski definition) is 6. The van der Waals surface area contributed by atoms with Gasteiger partial charge in [-0.25, -0.2) is 4.98 Å². The molecule has 0 bridgehead atoms. The van der Waals surface area contributed by atoms with Gasteiger partial charge < -0.3 is 10.2 Å². The maximum absolute atomic E-state index is 10.2. The fraction of sp³-hybridized carbons (Fsp3) is 0.188. The molecule has 0 radical (unpaired) electrons. The van der Waals surface area contributed by atoms with Crippen molar-refractivity contribution in [3.63, 3.8) is 0 Å². The zero-order valence-electron chi connectivity index (χ0n) is 12.5. The number of aryl methyl sites for hydroxylation is 1. The van der Waals surface area contributed by atoms with Crippen LogP contribution in [0.5, 0.6) is 0 Å². The van der Waals surface area contributed by atoms with Gasteiger partial charge in [0.1, 0.15) is 6.61 Å². The van der Waals surface area contributed by atoms with Crippen molar-refractivity contribution in [2.45, 2.75) is 13.3 Å². The first-order chi connectivity index (χ1) is 11.1. The van der Waals surface area contributed by atoms with Crippen molar-refractivity contribution in [1.82, 2.24) is 4.98 Å². The minimum atomic E-state index is -0.772. The van der Waals surface area contributed by atoms with Gasteiger partial charge in [0.25, 0.3) is 5.09 Å². The predicted octanol–water partition coefficient (Wildman–Crippen LogP) is 4.10. The number of nitrogens with zero attached hydrogens (tertiary/aromatic N) is 2. The lowest BCUT2D eigenvalue weighted by molar-refractivity contribution is -0.757. The quantitative estimate of drug-likeness (QED) is 0.544. The third-order valence-electron chi connectivity index (χ3n) is 3.45. The molecule has 6 nitrogen and oxygen atoms in total. The monoisotopic (exact) mass is 329 g/mol. The minimum Gasteiger partial charge on any atom is -0.331 e. The Bertz CT molecular complexity index is 842. The first-order valence-electron chi connectivity index (χ1n) is 7.12. The van der Waals surface area contributed by atoms with Crippen LogP contribution < -0.4 is 5.32 Å². The minimum absolute atomic E-state index is 0.0454. The molecule has 1 N–H and O–H groups in total. The summed E-state index contributed by atoms with van der Waals surface area (Å²) in [4.78, 5) is 20.0. The molecule has 1 heterocycles. The lowest BCUT2D eigenvalue weighted by Gasteiger charge is -2.06. The van der Waals surface area contributed by atoms with Gasteiger partial charge in [0.2, 0.25) is 0 Å². The number of rotatable bonds is 6. The second-order valence-corrected chi connectivity index (χ2v) is 6.07. The van der Waals surface area contributed by atoms with Crippen LogP contribution in [0.3, 0.4) is 0 Å². The van der Waals surface area contributed by atoms with Crippen LogP contribution in [0.4, 0.5) is 10.8 Å². The van der Waals surface area contributed by atoms with Crippen LogP contribution in [0.15, 0.2) is 42.5 Å². The van der Waals surface area contributed by atoms with Crippen LogP contribution in [-0.4, -0.2) is 16.7 Å². The first-order valence-corrected chi connectivity index (χ1v) is 7.93. The second-order valence-electron chi connectivity index (χ2n) is 4.99. The van der Waals surface area contributed by atoms with Crippen molar-refractivity contribution in [3.8, 4) is 0 Å². The summed E-state index contributed by atoms with van der Waals surface area (Å²) in [7, 11) is 0. The fourth-order valence-electron chi connectivity index (χ4n) is 2.38. The summed E-state index contributed by atoms with van der Waals surface area (Å²) in [6.45, 7) is 1.94. The smallest absolute Gasteiger partial charge is 0.294 e. The summed E-state index contributed by atoms with van der Waals surface area (Å²) in [5.41, 5.74) is 1.86. The van der Waals surface area contributed by atoms with Crippen molar-refractivity contribution < 1.29 is 9.92 Å². The van der Waals surface area contributed by atoms with Gasteiger partial charge in [-0.15, -0.1) is 21.5 Å². The van der Waals surface area contributed by atoms with Gasteiger partial charge in [0.15, 0.2) is 5.13 Å². The molecule has 0 spiro atoms. The van der Waals surface area contributed by atoms with Crippen molar-refractivity contribution >= 4 is 32.9 Å². The molecule has 0 saturated carbocycles. The Hall–Kier alpha value is -2.67. The first kappa shape index (κ1) is 15.2. The highest BCUT2D eigenvalue weighted by molar-refractivity contribution is 7.15. The number of benzene rings is 2. The number of aromatic nitrogens is 1. The van der Waals surface area contributed by atoms with Crippen LogP contribution in [0.25, 0.3) is 10.8 Å². The van der Waals surface area contributed by atoms with Crippen LogP contribution in [0, 0.1) is 17.0 Å². The van der Waals surface area contributed by atoms with Gasteiger partial charge in [-0.1, -0.05) is 36.4 Å². The van der Waals surface area contributed by atoms with Crippen LogP contribution in [0.2, 0.25) is 0 Å². The van der Waals surface area contributed by atoms with Crippen LogP contribution in [0.1, 0.15) is 10.6 Å². The largest absolute Gasteiger partial charge is 0.331 e. The normalized spacial score (nSPS) is 10.7. The van der Waals surface area contributed by atoms with E-state index in [1.165, 1.54) is 11.3 Å². The maximum atomic E-state index is 10.2. The van der Waals surface area contributed by atoms with Crippen molar-refractivity contribution in [2.24, 2.45) is 0 Å². The fourth-order valence-corrected chi connectivity index (χ4v) is 3.33. The Morgan fingerprint density at radius 1 is 1.26 bits per heavy atom. The molecule has 3 aromatic rings. The van der Waals surface area contributed by atoms with E-state index >= 15 is 0 Å². The molecule has 118 valence electrons. The molecule has 0 saturated heterocycles. The Morgan fingerprint density at radius 2 is 2.04 bits per heavy atom. The van der Waals surface area contributed by atoms with E-state index in [1.54, 1.807) is 0 Å². The highest BCUT2D eigenvalue weighted by Crippen LogP contribution is 2.30. The lowest BCUT2D eigenvalue weighted by Crippen LogP contribution is -2.04. The highest BCUT2D eigenvalue weighted by atomic mass is 32.1. The van der Waals surface area contributed by atoms with Gasteiger partial charge in [0, 0.05) is 22.4 Å². The van der Waals surface area contributed by atoms with Crippen molar-refractivity contribution in [3.05, 3.63) is 63.1 Å². The molecular formula is C16H15N3O3S. The number of fused-ring (bicyclic) bond motifs is 1. The van der Waals surface area contributed by atoms with E-state index < -0.39 is 5.09 Å². The van der Waals surface area contributed by atoms with Crippen LogP contribution in [-0.2, 0) is 11.3 Å². The average molecular weight is 329 g/mol. The Kier molecular flexibility index (Phi) is 4.38. The van der Waals surface area contributed by atoms with Gasteiger partial charge in [-0.2, -0.15) is 0 Å². The Balaban J connectivity index is 1.78. The predicted molar refractivity (Wildman–Crippen MR) is 90.7 cm³/mol. The van der Waals surface area contributed by atoms with Gasteiger partial charge >= 0.3 is 0 Å². The van der Waals surface area contributed by atoms with E-state index in [-0.39, 0.29) is 6.61 Å². The summed E-state index contributed by atoms with van der Waals surface area (Å²) in [5, 5.41) is 15.8. The number of thiazole rings is 1. The van der Waals surface area contributed by atoms with Crippen LogP contribution >= 0.6 is 11.3 Å². The molecule has 0 aliphatic rings.